The normalized spacial score (nSPS) is 18.3. The van der Waals surface area contributed by atoms with Crippen molar-refractivity contribution in [1.29, 1.82) is 0 Å². The molecule has 0 atom stereocenters. The van der Waals surface area contributed by atoms with E-state index < -0.39 is 0 Å². The molecule has 1 fully saturated rings. The van der Waals surface area contributed by atoms with Crippen LogP contribution in [0.4, 0.5) is 0 Å². The van der Waals surface area contributed by atoms with E-state index in [-0.39, 0.29) is 5.54 Å². The Morgan fingerprint density at radius 1 is 1.36 bits per heavy atom. The first kappa shape index (κ1) is 10.0. The minimum atomic E-state index is 0.0696. The molecule has 1 aromatic carbocycles. The lowest BCUT2D eigenvalue weighted by Crippen LogP contribution is -2.25. The van der Waals surface area contributed by atoms with Crippen LogP contribution in [0, 0.1) is 13.8 Å². The highest BCUT2D eigenvalue weighted by atomic mass is 35.5. The first-order valence-electron chi connectivity index (χ1n) is 5.05. The first-order valence-corrected chi connectivity index (χ1v) is 5.43. The zero-order valence-corrected chi connectivity index (χ0v) is 9.49. The summed E-state index contributed by atoms with van der Waals surface area (Å²) in [5.41, 5.74) is 10.0. The average molecular weight is 210 g/mol. The van der Waals surface area contributed by atoms with E-state index >= 15 is 0 Å². The molecule has 2 rings (SSSR count). The zero-order chi connectivity index (χ0) is 10.3. The fraction of sp³-hybridized carbons (Fsp3) is 0.500. The number of hydrogen-bond acceptors (Lipinski definition) is 1. The lowest BCUT2D eigenvalue weighted by molar-refractivity contribution is 0.667. The maximum absolute atomic E-state index is 6.12. The number of aryl methyl sites for hydroxylation is 1. The second-order valence-electron chi connectivity index (χ2n) is 4.51. The largest absolute Gasteiger partial charge is 0.325 e. The number of rotatable bonds is 2. The van der Waals surface area contributed by atoms with Crippen LogP contribution >= 0.6 is 11.6 Å². The van der Waals surface area contributed by atoms with Gasteiger partial charge in [0, 0.05) is 10.6 Å². The summed E-state index contributed by atoms with van der Waals surface area (Å²) in [5.74, 6) is 0. The van der Waals surface area contributed by atoms with Gasteiger partial charge < -0.3 is 5.73 Å². The molecular formula is C12H16ClN. The van der Waals surface area contributed by atoms with Crippen LogP contribution in [0.1, 0.15) is 29.5 Å². The van der Waals surface area contributed by atoms with E-state index in [1.165, 1.54) is 16.7 Å². The molecule has 1 saturated carbocycles. The Bertz CT molecular complexity index is 367. The quantitative estimate of drug-likeness (QED) is 0.797. The molecule has 0 spiro atoms. The SMILES string of the molecule is Cc1ccc(Cl)c(C)c1CC1(N)CC1. The Morgan fingerprint density at radius 3 is 2.57 bits per heavy atom. The number of benzene rings is 1. The molecule has 1 nitrogen and oxygen atoms in total. The van der Waals surface area contributed by atoms with Crippen LogP contribution in [-0.2, 0) is 6.42 Å². The highest BCUT2D eigenvalue weighted by Crippen LogP contribution is 2.38. The van der Waals surface area contributed by atoms with Crippen LogP contribution in [0.2, 0.25) is 5.02 Å². The molecule has 0 bridgehead atoms. The van der Waals surface area contributed by atoms with Gasteiger partial charge in [-0.05, 0) is 55.9 Å². The molecule has 0 aromatic heterocycles. The second kappa shape index (κ2) is 3.25. The van der Waals surface area contributed by atoms with Gasteiger partial charge in [0.2, 0.25) is 0 Å². The fourth-order valence-corrected chi connectivity index (χ4v) is 2.00. The minimum Gasteiger partial charge on any atom is -0.325 e. The van der Waals surface area contributed by atoms with Crippen LogP contribution in [0.25, 0.3) is 0 Å². The molecule has 1 aliphatic carbocycles. The van der Waals surface area contributed by atoms with Gasteiger partial charge in [-0.1, -0.05) is 17.7 Å². The van der Waals surface area contributed by atoms with Gasteiger partial charge in [0.25, 0.3) is 0 Å². The Labute approximate surface area is 90.3 Å². The van der Waals surface area contributed by atoms with Crippen LogP contribution in [0.15, 0.2) is 12.1 Å². The maximum Gasteiger partial charge on any atom is 0.0438 e. The summed E-state index contributed by atoms with van der Waals surface area (Å²) in [5, 5.41) is 0.856. The predicted molar refractivity (Wildman–Crippen MR) is 60.8 cm³/mol. The molecule has 0 aliphatic heterocycles. The Balaban J connectivity index is 2.35. The zero-order valence-electron chi connectivity index (χ0n) is 8.73. The molecule has 2 heteroatoms. The summed E-state index contributed by atoms with van der Waals surface area (Å²) in [7, 11) is 0. The van der Waals surface area contributed by atoms with E-state index in [1.54, 1.807) is 0 Å². The summed E-state index contributed by atoms with van der Waals surface area (Å²) in [4.78, 5) is 0. The van der Waals surface area contributed by atoms with E-state index in [4.69, 9.17) is 17.3 Å². The predicted octanol–water partition coefficient (Wildman–Crippen LogP) is 2.99. The van der Waals surface area contributed by atoms with Gasteiger partial charge in [-0.2, -0.15) is 0 Å². The third-order valence-corrected chi connectivity index (χ3v) is 3.60. The average Bonchev–Trinajstić information content (AvgIpc) is 2.86. The third kappa shape index (κ3) is 1.79. The summed E-state index contributed by atoms with van der Waals surface area (Å²) < 4.78 is 0. The van der Waals surface area contributed by atoms with E-state index in [9.17, 15) is 0 Å². The fourth-order valence-electron chi connectivity index (χ4n) is 1.83. The van der Waals surface area contributed by atoms with Gasteiger partial charge >= 0.3 is 0 Å². The van der Waals surface area contributed by atoms with Crippen molar-refractivity contribution in [2.45, 2.75) is 38.6 Å². The maximum atomic E-state index is 6.12. The van der Waals surface area contributed by atoms with Gasteiger partial charge in [-0.15, -0.1) is 0 Å². The first-order chi connectivity index (χ1) is 6.52. The molecule has 2 N–H and O–H groups in total. The van der Waals surface area contributed by atoms with Crippen molar-refractivity contribution in [1.82, 2.24) is 0 Å². The Kier molecular flexibility index (Phi) is 2.32. The van der Waals surface area contributed by atoms with Crippen LogP contribution < -0.4 is 5.73 Å². The third-order valence-electron chi connectivity index (χ3n) is 3.19. The summed E-state index contributed by atoms with van der Waals surface area (Å²) in [6.45, 7) is 4.21. The highest BCUT2D eigenvalue weighted by molar-refractivity contribution is 6.31. The Morgan fingerprint density at radius 2 is 2.00 bits per heavy atom. The molecule has 1 aliphatic rings. The second-order valence-corrected chi connectivity index (χ2v) is 4.91. The highest BCUT2D eigenvalue weighted by Gasteiger charge is 2.38. The van der Waals surface area contributed by atoms with Crippen LogP contribution in [0.5, 0.6) is 0 Å². The van der Waals surface area contributed by atoms with Gasteiger partial charge in [0.1, 0.15) is 0 Å². The molecule has 0 unspecified atom stereocenters. The molecule has 0 heterocycles. The number of hydrogen-bond donors (Lipinski definition) is 1. The Hall–Kier alpha value is -0.530. The smallest absolute Gasteiger partial charge is 0.0438 e. The van der Waals surface area contributed by atoms with Gasteiger partial charge in [-0.3, -0.25) is 0 Å². The molecule has 0 saturated heterocycles. The van der Waals surface area contributed by atoms with Crippen molar-refractivity contribution >= 4 is 11.6 Å². The van der Waals surface area contributed by atoms with Crippen LogP contribution in [0.3, 0.4) is 0 Å². The molecule has 76 valence electrons. The van der Waals surface area contributed by atoms with E-state index in [1.807, 2.05) is 6.07 Å². The van der Waals surface area contributed by atoms with Crippen molar-refractivity contribution in [2.75, 3.05) is 0 Å². The lowest BCUT2D eigenvalue weighted by atomic mass is 9.95. The molecular weight excluding hydrogens is 194 g/mol. The van der Waals surface area contributed by atoms with Crippen molar-refractivity contribution < 1.29 is 0 Å². The lowest BCUT2D eigenvalue weighted by Gasteiger charge is -2.15. The van der Waals surface area contributed by atoms with Crippen molar-refractivity contribution in [3.8, 4) is 0 Å². The van der Waals surface area contributed by atoms with E-state index in [0.717, 1.165) is 24.3 Å². The molecule has 0 radical (unpaired) electrons. The summed E-state index contributed by atoms with van der Waals surface area (Å²) in [6, 6.07) is 4.04. The number of halogens is 1. The number of nitrogens with two attached hydrogens (primary N) is 1. The van der Waals surface area contributed by atoms with E-state index in [2.05, 4.69) is 19.9 Å². The topological polar surface area (TPSA) is 26.0 Å². The van der Waals surface area contributed by atoms with Crippen molar-refractivity contribution in [3.05, 3.63) is 33.8 Å². The standard InChI is InChI=1S/C12H16ClN/c1-8-3-4-11(13)9(2)10(8)7-12(14)5-6-12/h3-4H,5-7,14H2,1-2H3. The van der Waals surface area contributed by atoms with Crippen molar-refractivity contribution in [2.24, 2.45) is 5.73 Å². The molecule has 0 amide bonds. The van der Waals surface area contributed by atoms with Crippen LogP contribution in [-0.4, -0.2) is 5.54 Å². The van der Waals surface area contributed by atoms with Gasteiger partial charge in [-0.25, -0.2) is 0 Å². The van der Waals surface area contributed by atoms with Crippen molar-refractivity contribution in [3.63, 3.8) is 0 Å². The molecule has 14 heavy (non-hydrogen) atoms. The summed E-state index contributed by atoms with van der Waals surface area (Å²) >= 11 is 6.09. The monoisotopic (exact) mass is 209 g/mol. The van der Waals surface area contributed by atoms with Gasteiger partial charge in [0.15, 0.2) is 0 Å². The summed E-state index contributed by atoms with van der Waals surface area (Å²) in [6.07, 6.45) is 3.28. The van der Waals surface area contributed by atoms with E-state index in [0.29, 0.717) is 0 Å². The minimum absolute atomic E-state index is 0.0696. The molecule has 1 aromatic rings. The van der Waals surface area contributed by atoms with Gasteiger partial charge in [0.05, 0.1) is 0 Å².